The van der Waals surface area contributed by atoms with Gasteiger partial charge in [-0.05, 0) is 41.8 Å². The molecule has 0 spiro atoms. The van der Waals surface area contributed by atoms with Gasteiger partial charge >= 0.3 is 0 Å². The van der Waals surface area contributed by atoms with Gasteiger partial charge in [-0.3, -0.25) is 9.69 Å². The summed E-state index contributed by atoms with van der Waals surface area (Å²) >= 11 is 0. The Morgan fingerprint density at radius 3 is 2.71 bits per heavy atom. The summed E-state index contributed by atoms with van der Waals surface area (Å²) in [4.78, 5) is 19.7. The smallest absolute Gasteiger partial charge is 0.224 e. The molecule has 2 aromatic rings. The number of piperidine rings is 1. The zero-order valence-electron chi connectivity index (χ0n) is 16.6. The number of piperazine rings is 1. The molecule has 1 aromatic carbocycles. The van der Waals surface area contributed by atoms with Crippen LogP contribution in [0.3, 0.4) is 0 Å². The normalized spacial score (nSPS) is 21.1. The molecule has 150 valence electrons. The van der Waals surface area contributed by atoms with Gasteiger partial charge in [0.2, 0.25) is 5.91 Å². The molecule has 1 amide bonds. The van der Waals surface area contributed by atoms with Crippen molar-refractivity contribution in [2.75, 3.05) is 44.2 Å². The summed E-state index contributed by atoms with van der Waals surface area (Å²) in [6.45, 7) is 8.66. The van der Waals surface area contributed by atoms with Crippen LogP contribution in [0.5, 0.6) is 0 Å². The molecule has 0 N–H and O–H groups in total. The molecule has 0 aliphatic carbocycles. The number of rotatable bonds is 5. The van der Waals surface area contributed by atoms with Crippen molar-refractivity contribution in [1.29, 1.82) is 0 Å². The highest BCUT2D eigenvalue weighted by Gasteiger charge is 2.30. The second-order valence-corrected chi connectivity index (χ2v) is 7.77. The van der Waals surface area contributed by atoms with Crippen LogP contribution in [-0.4, -0.2) is 81.2 Å². The predicted molar refractivity (Wildman–Crippen MR) is 107 cm³/mol. The van der Waals surface area contributed by atoms with E-state index in [1.165, 1.54) is 17.7 Å². The van der Waals surface area contributed by atoms with Gasteiger partial charge in [-0.2, -0.15) is 0 Å². The second kappa shape index (κ2) is 8.68. The highest BCUT2D eigenvalue weighted by molar-refractivity contribution is 5.76. The van der Waals surface area contributed by atoms with E-state index in [2.05, 4.69) is 56.5 Å². The van der Waals surface area contributed by atoms with Crippen molar-refractivity contribution >= 4 is 11.6 Å². The molecule has 2 saturated heterocycles. The maximum Gasteiger partial charge on any atom is 0.224 e. The second-order valence-electron chi connectivity index (χ2n) is 7.77. The minimum absolute atomic E-state index is 0.207. The van der Waals surface area contributed by atoms with Gasteiger partial charge in [0.25, 0.3) is 0 Å². The quantitative estimate of drug-likeness (QED) is 0.772. The third kappa shape index (κ3) is 4.32. The minimum Gasteiger partial charge on any atom is -0.369 e. The summed E-state index contributed by atoms with van der Waals surface area (Å²) in [5, 5.41) is 11.1. The molecule has 2 aliphatic rings. The maximum absolute atomic E-state index is 12.6. The maximum atomic E-state index is 12.6. The molecule has 28 heavy (non-hydrogen) atoms. The number of hydrogen-bond acceptors (Lipinski definition) is 6. The lowest BCUT2D eigenvalue weighted by Gasteiger charge is -2.44. The van der Waals surface area contributed by atoms with Gasteiger partial charge in [0.15, 0.2) is 0 Å². The SMILES string of the molecule is Cc1ccccc1N1CCN([C@H]2CCCN(C(=O)CCn3cnnn3)C2)CC1. The van der Waals surface area contributed by atoms with Crippen molar-refractivity contribution in [2.24, 2.45) is 0 Å². The van der Waals surface area contributed by atoms with E-state index in [9.17, 15) is 4.79 Å². The van der Waals surface area contributed by atoms with E-state index >= 15 is 0 Å². The standard InChI is InChI=1S/C20H29N7O/c1-17-5-2-3-7-19(17)25-13-11-24(12-14-25)18-6-4-9-26(15-18)20(28)8-10-27-16-21-22-23-27/h2-3,5,7,16,18H,4,6,8-15H2,1H3/t18-/m0/s1. The number of carbonyl (C=O) groups excluding carboxylic acids is 1. The summed E-state index contributed by atoms with van der Waals surface area (Å²) in [6, 6.07) is 9.10. The van der Waals surface area contributed by atoms with Gasteiger partial charge < -0.3 is 9.80 Å². The number of nitrogens with zero attached hydrogens (tertiary/aromatic N) is 7. The number of tetrazole rings is 1. The lowest BCUT2D eigenvalue weighted by molar-refractivity contribution is -0.133. The van der Waals surface area contributed by atoms with Gasteiger partial charge in [-0.15, -0.1) is 5.10 Å². The number of aromatic nitrogens is 4. The summed E-state index contributed by atoms with van der Waals surface area (Å²) in [5.74, 6) is 0.207. The lowest BCUT2D eigenvalue weighted by atomic mass is 10.0. The molecule has 4 rings (SSSR count). The van der Waals surface area contributed by atoms with Crippen molar-refractivity contribution < 1.29 is 4.79 Å². The Kier molecular flexibility index (Phi) is 5.85. The van der Waals surface area contributed by atoms with Crippen molar-refractivity contribution in [1.82, 2.24) is 30.0 Å². The molecule has 3 heterocycles. The molecule has 1 atom stereocenters. The van der Waals surface area contributed by atoms with E-state index in [0.29, 0.717) is 19.0 Å². The molecule has 2 fully saturated rings. The van der Waals surface area contributed by atoms with Crippen molar-refractivity contribution in [2.45, 2.75) is 38.8 Å². The number of amides is 1. The number of benzene rings is 1. The van der Waals surface area contributed by atoms with E-state index in [1.54, 1.807) is 11.0 Å². The van der Waals surface area contributed by atoms with Crippen molar-refractivity contribution in [3.8, 4) is 0 Å². The minimum atomic E-state index is 0.207. The van der Waals surface area contributed by atoms with Crippen LogP contribution in [-0.2, 0) is 11.3 Å². The molecule has 0 unspecified atom stereocenters. The first-order chi connectivity index (χ1) is 13.7. The number of aryl methyl sites for hydroxylation is 2. The molecule has 8 nitrogen and oxygen atoms in total. The van der Waals surface area contributed by atoms with Crippen LogP contribution in [0.1, 0.15) is 24.8 Å². The number of anilines is 1. The predicted octanol–water partition coefficient (Wildman–Crippen LogP) is 1.18. The Bertz CT molecular complexity index is 771. The molecule has 0 radical (unpaired) electrons. The first kappa shape index (κ1) is 18.9. The molecule has 8 heteroatoms. The summed E-state index contributed by atoms with van der Waals surface area (Å²) < 4.78 is 1.62. The summed E-state index contributed by atoms with van der Waals surface area (Å²) in [7, 11) is 0. The number of carbonyl (C=O) groups is 1. The number of likely N-dealkylation sites (tertiary alicyclic amines) is 1. The van der Waals surface area contributed by atoms with E-state index in [1.807, 2.05) is 4.90 Å². The molecule has 1 aromatic heterocycles. The first-order valence-electron chi connectivity index (χ1n) is 10.2. The summed E-state index contributed by atoms with van der Waals surface area (Å²) in [6.07, 6.45) is 4.28. The van der Waals surface area contributed by atoms with Crippen LogP contribution >= 0.6 is 0 Å². The fourth-order valence-electron chi connectivity index (χ4n) is 4.38. The molecule has 0 saturated carbocycles. The number of para-hydroxylation sites is 1. The Morgan fingerprint density at radius 2 is 1.96 bits per heavy atom. The number of hydrogen-bond donors (Lipinski definition) is 0. The zero-order chi connectivity index (χ0) is 19.3. The Labute approximate surface area is 166 Å². The van der Waals surface area contributed by atoms with Gasteiger partial charge in [0.05, 0.1) is 6.54 Å². The van der Waals surface area contributed by atoms with E-state index < -0.39 is 0 Å². The Morgan fingerprint density at radius 1 is 1.14 bits per heavy atom. The largest absolute Gasteiger partial charge is 0.369 e. The molecule has 2 aliphatic heterocycles. The van der Waals surface area contributed by atoms with Crippen LogP contribution in [0.4, 0.5) is 5.69 Å². The molecular weight excluding hydrogens is 354 g/mol. The Hall–Kier alpha value is -2.48. The summed E-state index contributed by atoms with van der Waals surface area (Å²) in [5.41, 5.74) is 2.69. The molecule has 0 bridgehead atoms. The van der Waals surface area contributed by atoms with Crippen molar-refractivity contribution in [3.63, 3.8) is 0 Å². The fourth-order valence-corrected chi connectivity index (χ4v) is 4.38. The highest BCUT2D eigenvalue weighted by Crippen LogP contribution is 2.23. The first-order valence-corrected chi connectivity index (χ1v) is 10.2. The third-order valence-electron chi connectivity index (χ3n) is 5.98. The highest BCUT2D eigenvalue weighted by atomic mass is 16.2. The average molecular weight is 384 g/mol. The van der Waals surface area contributed by atoms with E-state index in [-0.39, 0.29) is 5.91 Å². The molecular formula is C20H29N7O. The Balaban J connectivity index is 1.28. The third-order valence-corrected chi connectivity index (χ3v) is 5.98. The monoisotopic (exact) mass is 383 g/mol. The van der Waals surface area contributed by atoms with Crippen LogP contribution < -0.4 is 4.90 Å². The van der Waals surface area contributed by atoms with Crippen LogP contribution in [0.25, 0.3) is 0 Å². The van der Waals surface area contributed by atoms with Gasteiger partial charge in [-0.1, -0.05) is 18.2 Å². The van der Waals surface area contributed by atoms with Gasteiger partial charge in [-0.25, -0.2) is 4.68 Å². The van der Waals surface area contributed by atoms with E-state index in [4.69, 9.17) is 0 Å². The van der Waals surface area contributed by atoms with Gasteiger partial charge in [0, 0.05) is 57.4 Å². The topological polar surface area (TPSA) is 70.4 Å². The van der Waals surface area contributed by atoms with Crippen molar-refractivity contribution in [3.05, 3.63) is 36.2 Å². The van der Waals surface area contributed by atoms with Crippen LogP contribution in [0.15, 0.2) is 30.6 Å². The lowest BCUT2D eigenvalue weighted by Crippen LogP contribution is -2.56. The van der Waals surface area contributed by atoms with Crippen LogP contribution in [0, 0.1) is 6.92 Å². The van der Waals surface area contributed by atoms with Gasteiger partial charge in [0.1, 0.15) is 6.33 Å². The average Bonchev–Trinajstić information content (AvgIpc) is 3.26. The van der Waals surface area contributed by atoms with E-state index in [0.717, 1.165) is 45.7 Å². The van der Waals surface area contributed by atoms with Crippen LogP contribution in [0.2, 0.25) is 0 Å². The fraction of sp³-hybridized carbons (Fsp3) is 0.600. The zero-order valence-corrected chi connectivity index (χ0v) is 16.6.